The van der Waals surface area contributed by atoms with Crippen molar-refractivity contribution in [1.29, 1.82) is 0 Å². The van der Waals surface area contributed by atoms with Crippen molar-refractivity contribution in [1.82, 2.24) is 9.97 Å². The Kier molecular flexibility index (Phi) is 5.81. The molecule has 0 saturated carbocycles. The van der Waals surface area contributed by atoms with Crippen LogP contribution < -0.4 is 9.64 Å². The molecule has 21 heavy (non-hydrogen) atoms. The quantitative estimate of drug-likeness (QED) is 0.752. The van der Waals surface area contributed by atoms with E-state index in [0.29, 0.717) is 16.7 Å². The molecule has 0 aliphatic carbocycles. The van der Waals surface area contributed by atoms with Crippen LogP contribution in [0.1, 0.15) is 26.7 Å². The maximum Gasteiger partial charge on any atom is 0.224 e. The average molecular weight is 306 g/mol. The van der Waals surface area contributed by atoms with Gasteiger partial charge in [0.25, 0.3) is 0 Å². The molecule has 0 spiro atoms. The standard InChI is InChI=1S/C16H20ClN3O/c1-3-5-10-20(4-2)15-11-16(19-12-18-15)21-14-8-6-13(17)7-9-14/h6-9,11-12H,3-5,10H2,1-2H3. The largest absolute Gasteiger partial charge is 0.439 e. The lowest BCUT2D eigenvalue weighted by molar-refractivity contribution is 0.461. The third-order valence-electron chi connectivity index (χ3n) is 3.15. The van der Waals surface area contributed by atoms with Gasteiger partial charge in [-0.25, -0.2) is 9.97 Å². The lowest BCUT2D eigenvalue weighted by atomic mass is 10.3. The molecule has 0 radical (unpaired) electrons. The summed E-state index contributed by atoms with van der Waals surface area (Å²) in [6.07, 6.45) is 3.84. The van der Waals surface area contributed by atoms with Crippen LogP contribution in [0.4, 0.5) is 5.82 Å². The molecular formula is C16H20ClN3O. The van der Waals surface area contributed by atoms with Gasteiger partial charge in [-0.3, -0.25) is 0 Å². The van der Waals surface area contributed by atoms with E-state index in [0.717, 1.165) is 31.7 Å². The molecule has 0 amide bonds. The summed E-state index contributed by atoms with van der Waals surface area (Å²) < 4.78 is 5.74. The summed E-state index contributed by atoms with van der Waals surface area (Å²) >= 11 is 5.86. The van der Waals surface area contributed by atoms with Gasteiger partial charge in [0, 0.05) is 24.2 Å². The molecule has 0 unspecified atom stereocenters. The van der Waals surface area contributed by atoms with Gasteiger partial charge in [-0.15, -0.1) is 0 Å². The molecule has 0 atom stereocenters. The molecular weight excluding hydrogens is 286 g/mol. The fourth-order valence-corrected chi connectivity index (χ4v) is 2.09. The Bertz CT molecular complexity index is 560. The minimum Gasteiger partial charge on any atom is -0.439 e. The summed E-state index contributed by atoms with van der Waals surface area (Å²) in [6.45, 7) is 6.21. The molecule has 4 nitrogen and oxygen atoms in total. The monoisotopic (exact) mass is 305 g/mol. The van der Waals surface area contributed by atoms with Crippen LogP contribution >= 0.6 is 11.6 Å². The second-order valence-corrected chi connectivity index (χ2v) is 5.14. The molecule has 112 valence electrons. The van der Waals surface area contributed by atoms with E-state index in [9.17, 15) is 0 Å². The first-order valence-electron chi connectivity index (χ1n) is 7.23. The average Bonchev–Trinajstić information content (AvgIpc) is 2.51. The van der Waals surface area contributed by atoms with Gasteiger partial charge in [0.2, 0.25) is 5.88 Å². The first-order valence-corrected chi connectivity index (χ1v) is 7.61. The van der Waals surface area contributed by atoms with Gasteiger partial charge in [0.05, 0.1) is 0 Å². The van der Waals surface area contributed by atoms with Crippen molar-refractivity contribution in [2.45, 2.75) is 26.7 Å². The summed E-state index contributed by atoms with van der Waals surface area (Å²) in [6, 6.07) is 9.09. The Balaban J connectivity index is 2.11. The zero-order valence-corrected chi connectivity index (χ0v) is 13.2. The van der Waals surface area contributed by atoms with Crippen molar-refractivity contribution in [3.05, 3.63) is 41.7 Å². The summed E-state index contributed by atoms with van der Waals surface area (Å²) in [5.74, 6) is 2.14. The second-order valence-electron chi connectivity index (χ2n) is 4.70. The van der Waals surface area contributed by atoms with Crippen molar-refractivity contribution in [2.24, 2.45) is 0 Å². The van der Waals surface area contributed by atoms with Crippen LogP contribution in [-0.4, -0.2) is 23.1 Å². The molecule has 0 N–H and O–H groups in total. The van der Waals surface area contributed by atoms with E-state index in [-0.39, 0.29) is 0 Å². The first-order chi connectivity index (χ1) is 10.2. The zero-order chi connectivity index (χ0) is 15.1. The van der Waals surface area contributed by atoms with Crippen molar-refractivity contribution in [2.75, 3.05) is 18.0 Å². The summed E-state index contributed by atoms with van der Waals surface area (Å²) in [7, 11) is 0. The SMILES string of the molecule is CCCCN(CC)c1cc(Oc2ccc(Cl)cc2)ncn1. The Morgan fingerprint density at radius 1 is 1.14 bits per heavy atom. The Hall–Kier alpha value is -1.81. The molecule has 5 heteroatoms. The van der Waals surface area contributed by atoms with Crippen LogP contribution in [0.5, 0.6) is 11.6 Å². The highest BCUT2D eigenvalue weighted by Gasteiger charge is 2.08. The van der Waals surface area contributed by atoms with E-state index >= 15 is 0 Å². The third kappa shape index (κ3) is 4.60. The number of rotatable bonds is 7. The van der Waals surface area contributed by atoms with E-state index < -0.39 is 0 Å². The number of benzene rings is 1. The number of halogens is 1. The highest BCUT2D eigenvalue weighted by molar-refractivity contribution is 6.30. The van der Waals surface area contributed by atoms with Gasteiger partial charge in [-0.2, -0.15) is 0 Å². The van der Waals surface area contributed by atoms with E-state index in [1.54, 1.807) is 12.1 Å². The van der Waals surface area contributed by atoms with Crippen LogP contribution in [0.2, 0.25) is 5.02 Å². The van der Waals surface area contributed by atoms with Gasteiger partial charge in [0.1, 0.15) is 17.9 Å². The zero-order valence-electron chi connectivity index (χ0n) is 12.4. The fourth-order valence-electron chi connectivity index (χ4n) is 1.97. The van der Waals surface area contributed by atoms with Gasteiger partial charge in [0.15, 0.2) is 0 Å². The minimum atomic E-state index is 0.539. The predicted molar refractivity (Wildman–Crippen MR) is 86.4 cm³/mol. The second kappa shape index (κ2) is 7.84. The number of hydrogen-bond acceptors (Lipinski definition) is 4. The molecule has 0 saturated heterocycles. The Labute approximate surface area is 130 Å². The number of anilines is 1. The molecule has 0 fully saturated rings. The van der Waals surface area contributed by atoms with Gasteiger partial charge >= 0.3 is 0 Å². The Morgan fingerprint density at radius 3 is 2.57 bits per heavy atom. The van der Waals surface area contributed by atoms with Crippen molar-refractivity contribution in [3.8, 4) is 11.6 Å². The molecule has 2 rings (SSSR count). The predicted octanol–water partition coefficient (Wildman–Crippen LogP) is 4.55. The van der Waals surface area contributed by atoms with Crippen LogP contribution in [-0.2, 0) is 0 Å². The summed E-state index contributed by atoms with van der Waals surface area (Å²) in [4.78, 5) is 10.7. The van der Waals surface area contributed by atoms with Crippen LogP contribution in [0.15, 0.2) is 36.7 Å². The maximum absolute atomic E-state index is 5.86. The van der Waals surface area contributed by atoms with Gasteiger partial charge in [-0.05, 0) is 37.6 Å². The first kappa shape index (κ1) is 15.6. The van der Waals surface area contributed by atoms with Crippen LogP contribution in [0.25, 0.3) is 0 Å². The third-order valence-corrected chi connectivity index (χ3v) is 3.40. The smallest absolute Gasteiger partial charge is 0.224 e. The number of ether oxygens (including phenoxy) is 1. The molecule has 1 heterocycles. The highest BCUT2D eigenvalue weighted by atomic mass is 35.5. The van der Waals surface area contributed by atoms with Crippen LogP contribution in [0.3, 0.4) is 0 Å². The number of nitrogens with zero attached hydrogens (tertiary/aromatic N) is 3. The minimum absolute atomic E-state index is 0.539. The molecule has 0 bridgehead atoms. The van der Waals surface area contributed by atoms with E-state index in [2.05, 4.69) is 28.7 Å². The lowest BCUT2D eigenvalue weighted by Crippen LogP contribution is -2.24. The Morgan fingerprint density at radius 2 is 1.90 bits per heavy atom. The van der Waals surface area contributed by atoms with Crippen LogP contribution in [0, 0.1) is 0 Å². The normalized spacial score (nSPS) is 10.4. The van der Waals surface area contributed by atoms with E-state index in [1.807, 2.05) is 18.2 Å². The maximum atomic E-state index is 5.86. The molecule has 1 aromatic heterocycles. The number of unbranched alkanes of at least 4 members (excludes halogenated alkanes) is 1. The van der Waals surface area contributed by atoms with Crippen molar-refractivity contribution in [3.63, 3.8) is 0 Å². The lowest BCUT2D eigenvalue weighted by Gasteiger charge is -2.21. The topological polar surface area (TPSA) is 38.2 Å². The molecule has 0 aliphatic rings. The fraction of sp³-hybridized carbons (Fsp3) is 0.375. The van der Waals surface area contributed by atoms with Crippen molar-refractivity contribution < 1.29 is 4.74 Å². The summed E-state index contributed by atoms with van der Waals surface area (Å²) in [5, 5.41) is 0.683. The van der Waals surface area contributed by atoms with E-state index in [4.69, 9.17) is 16.3 Å². The molecule has 1 aromatic carbocycles. The van der Waals surface area contributed by atoms with Crippen molar-refractivity contribution >= 4 is 17.4 Å². The van der Waals surface area contributed by atoms with Gasteiger partial charge in [-0.1, -0.05) is 24.9 Å². The molecule has 2 aromatic rings. The number of aromatic nitrogens is 2. The van der Waals surface area contributed by atoms with Gasteiger partial charge < -0.3 is 9.64 Å². The van der Waals surface area contributed by atoms with E-state index in [1.165, 1.54) is 6.33 Å². The number of hydrogen-bond donors (Lipinski definition) is 0. The highest BCUT2D eigenvalue weighted by Crippen LogP contribution is 2.23. The molecule has 0 aliphatic heterocycles. The summed E-state index contributed by atoms with van der Waals surface area (Å²) in [5.41, 5.74) is 0.